The number of halogens is 3. The number of likely N-dealkylation sites (N-methyl/N-ethyl adjacent to an activating group) is 1. The summed E-state index contributed by atoms with van der Waals surface area (Å²) in [4.78, 5) is 26.7. The van der Waals surface area contributed by atoms with E-state index in [1.807, 2.05) is 0 Å². The second-order valence-corrected chi connectivity index (χ2v) is 8.72. The van der Waals surface area contributed by atoms with Gasteiger partial charge in [0.25, 0.3) is 0 Å². The van der Waals surface area contributed by atoms with Crippen molar-refractivity contribution < 1.29 is 14.0 Å². The second-order valence-electron chi connectivity index (χ2n) is 6.64. The Morgan fingerprint density at radius 3 is 2.61 bits per heavy atom. The van der Waals surface area contributed by atoms with E-state index in [4.69, 9.17) is 23.2 Å². The average Bonchev–Trinajstić information content (AvgIpc) is 2.66. The average molecular weight is 441 g/mol. The van der Waals surface area contributed by atoms with Crippen LogP contribution >= 0.6 is 35.0 Å². The van der Waals surface area contributed by atoms with Crippen LogP contribution in [0.3, 0.4) is 0 Å². The molecule has 0 aromatic heterocycles. The molecule has 3 rings (SSSR count). The number of nitrogens with zero attached hydrogens (tertiary/aromatic N) is 1. The largest absolute Gasteiger partial charge is 0.343 e. The molecule has 8 heteroatoms. The number of nitrogens with one attached hydrogen (secondary N) is 1. The minimum atomic E-state index is -0.585. The monoisotopic (exact) mass is 440 g/mol. The van der Waals surface area contributed by atoms with E-state index in [0.29, 0.717) is 28.8 Å². The minimum absolute atomic E-state index is 0.174. The van der Waals surface area contributed by atoms with Crippen LogP contribution in [0.5, 0.6) is 0 Å². The first-order valence-electron chi connectivity index (χ1n) is 8.69. The van der Waals surface area contributed by atoms with Crippen LogP contribution in [0.15, 0.2) is 42.5 Å². The predicted molar refractivity (Wildman–Crippen MR) is 111 cm³/mol. The third-order valence-electron chi connectivity index (χ3n) is 4.50. The van der Waals surface area contributed by atoms with E-state index in [0.717, 1.165) is 11.1 Å². The molecule has 2 aromatic carbocycles. The maximum atomic E-state index is 13.0. The van der Waals surface area contributed by atoms with E-state index in [2.05, 4.69) is 5.32 Å². The van der Waals surface area contributed by atoms with Gasteiger partial charge in [-0.1, -0.05) is 41.4 Å². The molecule has 2 aromatic rings. The van der Waals surface area contributed by atoms with Crippen LogP contribution in [0.2, 0.25) is 10.0 Å². The Bertz CT molecular complexity index is 879. The Kier molecular flexibility index (Phi) is 6.86. The Morgan fingerprint density at radius 2 is 1.96 bits per heavy atom. The fraction of sp³-hybridized carbons (Fsp3) is 0.300. The Morgan fingerprint density at radius 1 is 1.25 bits per heavy atom. The number of thioether (sulfide) groups is 1. The standard InChI is InChI=1S/C20H19Cl2FN2O2S/c1-25(10-13-4-5-14(21)9-16(13)22)20(27)17-11-28-18(19(26)24-17)8-12-2-6-15(23)7-3-12/h2-7,9,17-18H,8,10-11H2,1H3,(H,24,26). The molecule has 148 valence electrons. The third kappa shape index (κ3) is 5.19. The van der Waals surface area contributed by atoms with E-state index in [1.165, 1.54) is 23.9 Å². The number of carbonyl (C=O) groups excluding carboxylic acids is 2. The van der Waals surface area contributed by atoms with Gasteiger partial charge in [0.15, 0.2) is 0 Å². The van der Waals surface area contributed by atoms with E-state index < -0.39 is 6.04 Å². The third-order valence-corrected chi connectivity index (χ3v) is 6.40. The van der Waals surface area contributed by atoms with E-state index in [9.17, 15) is 14.0 Å². The molecule has 0 saturated carbocycles. The highest BCUT2D eigenvalue weighted by Crippen LogP contribution is 2.25. The molecule has 1 saturated heterocycles. The van der Waals surface area contributed by atoms with E-state index in [-0.39, 0.29) is 22.9 Å². The van der Waals surface area contributed by atoms with Gasteiger partial charge in [-0.15, -0.1) is 11.8 Å². The lowest BCUT2D eigenvalue weighted by Crippen LogP contribution is -2.54. The first-order chi connectivity index (χ1) is 13.3. The number of rotatable bonds is 5. The molecule has 1 fully saturated rings. The Labute approximate surface area is 177 Å². The topological polar surface area (TPSA) is 49.4 Å². The van der Waals surface area contributed by atoms with Crippen LogP contribution in [0.4, 0.5) is 4.39 Å². The van der Waals surface area contributed by atoms with Gasteiger partial charge in [0, 0.05) is 29.4 Å². The highest BCUT2D eigenvalue weighted by Gasteiger charge is 2.33. The summed E-state index contributed by atoms with van der Waals surface area (Å²) in [6.45, 7) is 0.324. The maximum Gasteiger partial charge on any atom is 0.246 e. The fourth-order valence-electron chi connectivity index (χ4n) is 2.96. The van der Waals surface area contributed by atoms with Crippen molar-refractivity contribution in [2.45, 2.75) is 24.3 Å². The molecular formula is C20H19Cl2FN2O2S. The van der Waals surface area contributed by atoms with Crippen molar-refractivity contribution in [2.24, 2.45) is 0 Å². The molecule has 0 aliphatic carbocycles. The van der Waals surface area contributed by atoms with Crippen LogP contribution < -0.4 is 5.32 Å². The van der Waals surface area contributed by atoms with Crippen LogP contribution in [-0.4, -0.2) is 40.8 Å². The molecule has 2 unspecified atom stereocenters. The van der Waals surface area contributed by atoms with Crippen LogP contribution in [0.25, 0.3) is 0 Å². The molecule has 4 nitrogen and oxygen atoms in total. The maximum absolute atomic E-state index is 13.0. The molecule has 1 heterocycles. The van der Waals surface area contributed by atoms with E-state index >= 15 is 0 Å². The number of amides is 2. The smallest absolute Gasteiger partial charge is 0.246 e. The molecule has 2 amide bonds. The predicted octanol–water partition coefficient (Wildman–Crippen LogP) is 3.93. The van der Waals surface area contributed by atoms with Crippen molar-refractivity contribution in [3.8, 4) is 0 Å². The van der Waals surface area contributed by atoms with Gasteiger partial charge in [-0.25, -0.2) is 4.39 Å². The van der Waals surface area contributed by atoms with Gasteiger partial charge in [-0.3, -0.25) is 9.59 Å². The summed E-state index contributed by atoms with van der Waals surface area (Å²) < 4.78 is 13.0. The van der Waals surface area contributed by atoms with Crippen molar-refractivity contribution in [2.75, 3.05) is 12.8 Å². The van der Waals surface area contributed by atoms with Gasteiger partial charge in [0.1, 0.15) is 11.9 Å². The Hall–Kier alpha value is -1.76. The van der Waals surface area contributed by atoms with Gasteiger partial charge < -0.3 is 10.2 Å². The zero-order valence-corrected chi connectivity index (χ0v) is 17.5. The van der Waals surface area contributed by atoms with Crippen molar-refractivity contribution >= 4 is 46.8 Å². The Balaban J connectivity index is 1.57. The number of hydrogen-bond acceptors (Lipinski definition) is 3. The first kappa shape index (κ1) is 21.0. The highest BCUT2D eigenvalue weighted by atomic mass is 35.5. The summed E-state index contributed by atoms with van der Waals surface area (Å²) in [5, 5.41) is 3.54. The highest BCUT2D eigenvalue weighted by molar-refractivity contribution is 8.00. The molecule has 1 aliphatic heterocycles. The number of benzene rings is 2. The van der Waals surface area contributed by atoms with Gasteiger partial charge in [0.2, 0.25) is 11.8 Å². The molecule has 0 bridgehead atoms. The molecule has 1 N–H and O–H groups in total. The molecule has 1 aliphatic rings. The molecule has 28 heavy (non-hydrogen) atoms. The summed E-state index contributed by atoms with van der Waals surface area (Å²) in [5.74, 6) is -0.183. The summed E-state index contributed by atoms with van der Waals surface area (Å²) in [6.07, 6.45) is 0.494. The zero-order valence-electron chi connectivity index (χ0n) is 15.1. The van der Waals surface area contributed by atoms with Crippen LogP contribution in [0.1, 0.15) is 11.1 Å². The van der Waals surface area contributed by atoms with Crippen molar-refractivity contribution in [1.29, 1.82) is 0 Å². The lowest BCUT2D eigenvalue weighted by Gasteiger charge is -2.31. The summed E-state index contributed by atoms with van der Waals surface area (Å²) in [5.41, 5.74) is 1.67. The van der Waals surface area contributed by atoms with Crippen LogP contribution in [-0.2, 0) is 22.6 Å². The summed E-state index contributed by atoms with van der Waals surface area (Å²) in [7, 11) is 1.68. The molecule has 2 atom stereocenters. The SMILES string of the molecule is CN(Cc1ccc(Cl)cc1Cl)C(=O)C1CSC(Cc2ccc(F)cc2)C(=O)N1. The zero-order chi connectivity index (χ0) is 20.3. The minimum Gasteiger partial charge on any atom is -0.343 e. The lowest BCUT2D eigenvalue weighted by atomic mass is 10.1. The molecule has 0 radical (unpaired) electrons. The van der Waals surface area contributed by atoms with Gasteiger partial charge in [0.05, 0.1) is 5.25 Å². The molecule has 0 spiro atoms. The van der Waals surface area contributed by atoms with Crippen LogP contribution in [0, 0.1) is 5.82 Å². The van der Waals surface area contributed by atoms with Gasteiger partial charge in [-0.2, -0.15) is 0 Å². The normalized spacial score (nSPS) is 19.2. The number of carbonyl (C=O) groups is 2. The lowest BCUT2D eigenvalue weighted by molar-refractivity contribution is -0.135. The summed E-state index contributed by atoms with van der Waals surface area (Å²) >= 11 is 13.5. The summed E-state index contributed by atoms with van der Waals surface area (Å²) in [6, 6.07) is 10.6. The van der Waals surface area contributed by atoms with Crippen molar-refractivity contribution in [1.82, 2.24) is 10.2 Å². The second kappa shape index (κ2) is 9.16. The van der Waals surface area contributed by atoms with Gasteiger partial charge in [-0.05, 0) is 41.8 Å². The van der Waals surface area contributed by atoms with Crippen molar-refractivity contribution in [3.63, 3.8) is 0 Å². The first-order valence-corrected chi connectivity index (χ1v) is 10.5. The number of hydrogen-bond donors (Lipinski definition) is 1. The van der Waals surface area contributed by atoms with E-state index in [1.54, 1.807) is 42.3 Å². The van der Waals surface area contributed by atoms with Crippen molar-refractivity contribution in [3.05, 3.63) is 69.5 Å². The molecular weight excluding hydrogens is 422 g/mol. The fourth-order valence-corrected chi connectivity index (χ4v) is 4.61. The quantitative estimate of drug-likeness (QED) is 0.765. The van der Waals surface area contributed by atoms with Gasteiger partial charge >= 0.3 is 0 Å².